The van der Waals surface area contributed by atoms with Crippen LogP contribution < -0.4 is 5.32 Å². The molecule has 0 atom stereocenters. The minimum absolute atomic E-state index is 0.225. The van der Waals surface area contributed by atoms with Gasteiger partial charge in [-0.15, -0.1) is 0 Å². The highest BCUT2D eigenvalue weighted by Gasteiger charge is 2.33. The first kappa shape index (κ1) is 19.9. The minimum atomic E-state index is -4.58. The van der Waals surface area contributed by atoms with Crippen LogP contribution in [0, 0.1) is 0 Å². The first-order valence-corrected chi connectivity index (χ1v) is 9.34. The number of rotatable bonds is 3. The maximum atomic E-state index is 13.3. The monoisotopic (exact) mass is 426 g/mol. The number of benzene rings is 3. The van der Waals surface area contributed by atoms with Gasteiger partial charge in [0.2, 0.25) is 0 Å². The Morgan fingerprint density at radius 1 is 0.900 bits per heavy atom. The first-order chi connectivity index (χ1) is 14.3. The lowest BCUT2D eigenvalue weighted by Crippen LogP contribution is -2.17. The summed E-state index contributed by atoms with van der Waals surface area (Å²) in [5.41, 5.74) is 0.815. The number of alkyl halides is 3. The molecule has 0 aliphatic heterocycles. The zero-order chi connectivity index (χ0) is 21.3. The second-order valence-corrected chi connectivity index (χ2v) is 7.01. The molecule has 0 bridgehead atoms. The molecule has 150 valence electrons. The van der Waals surface area contributed by atoms with E-state index >= 15 is 0 Å². The third-order valence-corrected chi connectivity index (χ3v) is 4.83. The van der Waals surface area contributed by atoms with E-state index in [4.69, 9.17) is 11.6 Å². The maximum absolute atomic E-state index is 13.3. The number of para-hydroxylation sites is 2. The van der Waals surface area contributed by atoms with Crippen molar-refractivity contribution in [3.05, 3.63) is 95.0 Å². The van der Waals surface area contributed by atoms with Crippen LogP contribution in [0.1, 0.15) is 15.9 Å². The number of hydrogen-bond acceptors (Lipinski definition) is 2. The summed E-state index contributed by atoms with van der Waals surface area (Å²) in [6.07, 6.45) is -4.58. The van der Waals surface area contributed by atoms with Crippen LogP contribution in [-0.4, -0.2) is 10.9 Å². The van der Waals surface area contributed by atoms with E-state index in [1.807, 2.05) is 0 Å². The summed E-state index contributed by atoms with van der Waals surface area (Å²) in [4.78, 5) is 17.6. The van der Waals surface area contributed by atoms with Gasteiger partial charge in [-0.2, -0.15) is 13.2 Å². The molecule has 4 aromatic rings. The van der Waals surface area contributed by atoms with E-state index in [1.165, 1.54) is 18.2 Å². The Balaban J connectivity index is 1.80. The summed E-state index contributed by atoms with van der Waals surface area (Å²) in [5.74, 6) is -0.652. The summed E-state index contributed by atoms with van der Waals surface area (Å²) in [6, 6.07) is 20.3. The molecule has 0 saturated heterocycles. The molecule has 1 N–H and O–H groups in total. The molecule has 0 fully saturated rings. The number of carbonyl (C=O) groups excluding carboxylic acids is 1. The van der Waals surface area contributed by atoms with Crippen molar-refractivity contribution in [2.45, 2.75) is 6.18 Å². The lowest BCUT2D eigenvalue weighted by molar-refractivity contribution is -0.136. The van der Waals surface area contributed by atoms with E-state index in [2.05, 4.69) is 10.3 Å². The average molecular weight is 427 g/mol. The number of anilines is 1. The molecule has 4 rings (SSSR count). The van der Waals surface area contributed by atoms with Crippen LogP contribution in [0.5, 0.6) is 0 Å². The van der Waals surface area contributed by atoms with Crippen LogP contribution in [0.25, 0.3) is 22.2 Å². The van der Waals surface area contributed by atoms with Crippen molar-refractivity contribution in [1.29, 1.82) is 0 Å². The molecule has 0 saturated carbocycles. The quantitative estimate of drug-likeness (QED) is 0.390. The number of pyridine rings is 1. The first-order valence-electron chi connectivity index (χ1n) is 8.96. The maximum Gasteiger partial charge on any atom is 0.418 e. The predicted molar refractivity (Wildman–Crippen MR) is 112 cm³/mol. The fourth-order valence-electron chi connectivity index (χ4n) is 3.16. The van der Waals surface area contributed by atoms with Gasteiger partial charge in [-0.1, -0.05) is 54.1 Å². The fraction of sp³-hybridized carbons (Fsp3) is 0.0435. The third kappa shape index (κ3) is 4.00. The van der Waals surface area contributed by atoms with Crippen molar-refractivity contribution < 1.29 is 18.0 Å². The number of nitrogens with zero attached hydrogens (tertiary/aromatic N) is 1. The van der Waals surface area contributed by atoms with Crippen LogP contribution in [0.15, 0.2) is 78.9 Å². The molecule has 0 aliphatic carbocycles. The molecule has 3 nitrogen and oxygen atoms in total. The van der Waals surface area contributed by atoms with Crippen LogP contribution in [0.4, 0.5) is 18.9 Å². The third-order valence-electron chi connectivity index (χ3n) is 4.58. The number of amides is 1. The van der Waals surface area contributed by atoms with Gasteiger partial charge in [-0.05, 0) is 36.4 Å². The van der Waals surface area contributed by atoms with Crippen molar-refractivity contribution in [3.8, 4) is 11.3 Å². The van der Waals surface area contributed by atoms with E-state index in [-0.39, 0.29) is 11.3 Å². The Morgan fingerprint density at radius 3 is 2.30 bits per heavy atom. The van der Waals surface area contributed by atoms with E-state index in [9.17, 15) is 18.0 Å². The van der Waals surface area contributed by atoms with Crippen molar-refractivity contribution in [1.82, 2.24) is 4.98 Å². The van der Waals surface area contributed by atoms with Crippen LogP contribution in [-0.2, 0) is 6.18 Å². The summed E-state index contributed by atoms with van der Waals surface area (Å²) in [7, 11) is 0. The van der Waals surface area contributed by atoms with Gasteiger partial charge in [0.25, 0.3) is 5.91 Å². The highest BCUT2D eigenvalue weighted by atomic mass is 35.5. The standard InChI is InChI=1S/C23H14ClF3N2O/c24-15-11-9-14(10-12-15)21-13-17(16-5-1-3-7-19(16)28-21)22(30)29-20-8-4-2-6-18(20)23(25,26)27/h1-13H,(H,29,30). The molecule has 3 aromatic carbocycles. The van der Waals surface area contributed by atoms with Crippen molar-refractivity contribution in [3.63, 3.8) is 0 Å². The topological polar surface area (TPSA) is 42.0 Å². The summed E-state index contributed by atoms with van der Waals surface area (Å²) >= 11 is 5.94. The van der Waals surface area contributed by atoms with Gasteiger partial charge >= 0.3 is 6.18 Å². The van der Waals surface area contributed by atoms with E-state index in [0.29, 0.717) is 21.6 Å². The number of hydrogen-bond donors (Lipinski definition) is 1. The zero-order valence-electron chi connectivity index (χ0n) is 15.4. The van der Waals surface area contributed by atoms with Crippen molar-refractivity contribution in [2.24, 2.45) is 0 Å². The van der Waals surface area contributed by atoms with E-state index < -0.39 is 17.6 Å². The Bertz CT molecular complexity index is 1240. The van der Waals surface area contributed by atoms with Crippen LogP contribution >= 0.6 is 11.6 Å². The van der Waals surface area contributed by atoms with Gasteiger partial charge in [0.1, 0.15) is 0 Å². The van der Waals surface area contributed by atoms with E-state index in [0.717, 1.165) is 11.6 Å². The Kier molecular flexibility index (Phi) is 5.18. The van der Waals surface area contributed by atoms with Crippen molar-refractivity contribution in [2.75, 3.05) is 5.32 Å². The number of carbonyl (C=O) groups is 1. The second kappa shape index (κ2) is 7.80. The molecule has 30 heavy (non-hydrogen) atoms. The molecular weight excluding hydrogens is 413 g/mol. The Hall–Kier alpha value is -3.38. The molecular formula is C23H14ClF3N2O. The largest absolute Gasteiger partial charge is 0.418 e. The second-order valence-electron chi connectivity index (χ2n) is 6.58. The zero-order valence-corrected chi connectivity index (χ0v) is 16.1. The summed E-state index contributed by atoms with van der Waals surface area (Å²) < 4.78 is 39.9. The molecule has 1 amide bonds. The Labute approximate surface area is 175 Å². The minimum Gasteiger partial charge on any atom is -0.321 e. The molecule has 0 unspecified atom stereocenters. The number of halogens is 4. The Morgan fingerprint density at radius 2 is 1.57 bits per heavy atom. The van der Waals surface area contributed by atoms with Crippen molar-refractivity contribution >= 4 is 34.1 Å². The number of fused-ring (bicyclic) bond motifs is 1. The summed E-state index contributed by atoms with van der Waals surface area (Å²) in [6.45, 7) is 0. The SMILES string of the molecule is O=C(Nc1ccccc1C(F)(F)F)c1cc(-c2ccc(Cl)cc2)nc2ccccc12. The van der Waals surface area contributed by atoms with Crippen LogP contribution in [0.3, 0.4) is 0 Å². The molecule has 1 heterocycles. The normalized spacial score (nSPS) is 11.5. The van der Waals surface area contributed by atoms with Gasteiger partial charge in [0.15, 0.2) is 0 Å². The van der Waals surface area contributed by atoms with Gasteiger partial charge < -0.3 is 5.32 Å². The van der Waals surface area contributed by atoms with E-state index in [1.54, 1.807) is 54.6 Å². The van der Waals surface area contributed by atoms with Crippen LogP contribution in [0.2, 0.25) is 5.02 Å². The molecule has 0 radical (unpaired) electrons. The number of aromatic nitrogens is 1. The fourth-order valence-corrected chi connectivity index (χ4v) is 3.29. The van der Waals surface area contributed by atoms with Gasteiger partial charge in [-0.25, -0.2) is 4.98 Å². The molecule has 7 heteroatoms. The molecule has 0 aliphatic rings. The molecule has 1 aromatic heterocycles. The summed E-state index contributed by atoms with van der Waals surface area (Å²) in [5, 5.41) is 3.50. The van der Waals surface area contributed by atoms with Gasteiger partial charge in [-0.3, -0.25) is 4.79 Å². The molecule has 0 spiro atoms. The van der Waals surface area contributed by atoms with Gasteiger partial charge in [0.05, 0.1) is 28.0 Å². The average Bonchev–Trinajstić information content (AvgIpc) is 2.73. The number of nitrogens with one attached hydrogen (secondary N) is 1. The highest BCUT2D eigenvalue weighted by molar-refractivity contribution is 6.30. The predicted octanol–water partition coefficient (Wildman–Crippen LogP) is 6.83. The van der Waals surface area contributed by atoms with Gasteiger partial charge in [0, 0.05) is 16.0 Å². The lowest BCUT2D eigenvalue weighted by Gasteiger charge is -2.15. The smallest absolute Gasteiger partial charge is 0.321 e. The highest BCUT2D eigenvalue weighted by Crippen LogP contribution is 2.35. The lowest BCUT2D eigenvalue weighted by atomic mass is 10.0.